The normalized spacial score (nSPS) is 9.47. The van der Waals surface area contributed by atoms with Gasteiger partial charge in [0, 0.05) is 5.56 Å². The quantitative estimate of drug-likeness (QED) is 0.629. The fraction of sp³-hybridized carbons (Fsp3) is 0.200. The Balaban J connectivity index is 3.00. The Kier molecular flexibility index (Phi) is 4.12. The lowest BCUT2D eigenvalue weighted by atomic mass is 10.2. The lowest BCUT2D eigenvalue weighted by molar-refractivity contribution is -0.113. The van der Waals surface area contributed by atoms with E-state index in [-0.39, 0.29) is 11.8 Å². The number of hydrogen-bond acceptors (Lipinski definition) is 3. The van der Waals surface area contributed by atoms with Crippen molar-refractivity contribution in [3.63, 3.8) is 0 Å². The number of nitrogens with one attached hydrogen (secondary N) is 1. The highest BCUT2D eigenvalue weighted by atomic mass is 35.5. The Morgan fingerprint density at radius 3 is 2.87 bits per heavy atom. The molecule has 0 bridgehead atoms. The zero-order valence-corrected chi connectivity index (χ0v) is 8.88. The molecule has 4 nitrogen and oxygen atoms in total. The molecule has 0 aliphatic heterocycles. The summed E-state index contributed by atoms with van der Waals surface area (Å²) in [5.41, 5.74) is 0.897. The fourth-order valence-electron chi connectivity index (χ4n) is 1.08. The minimum atomic E-state index is -0.349. The number of amides is 1. The van der Waals surface area contributed by atoms with E-state index in [1.54, 1.807) is 12.1 Å². The number of anilines is 1. The molecule has 0 aliphatic rings. The van der Waals surface area contributed by atoms with Crippen LogP contribution in [0, 0.1) is 0 Å². The van der Waals surface area contributed by atoms with Gasteiger partial charge in [-0.25, -0.2) is 0 Å². The summed E-state index contributed by atoms with van der Waals surface area (Å²) in [5.74, 6) is -0.00819. The van der Waals surface area contributed by atoms with Gasteiger partial charge >= 0.3 is 0 Å². The molecule has 1 aromatic rings. The summed E-state index contributed by atoms with van der Waals surface area (Å²) in [7, 11) is 1.48. The number of carbonyl (C=O) groups is 2. The maximum absolute atomic E-state index is 11.1. The van der Waals surface area contributed by atoms with Crippen LogP contribution in [0.1, 0.15) is 10.4 Å². The van der Waals surface area contributed by atoms with E-state index in [0.29, 0.717) is 23.3 Å². The van der Waals surface area contributed by atoms with E-state index in [9.17, 15) is 9.59 Å². The molecule has 1 aromatic carbocycles. The van der Waals surface area contributed by atoms with Crippen molar-refractivity contribution >= 4 is 29.5 Å². The molecule has 0 aromatic heterocycles. The molecule has 0 radical (unpaired) electrons. The number of ether oxygens (including phenoxy) is 1. The number of benzene rings is 1. The molecule has 0 aliphatic carbocycles. The number of rotatable bonds is 4. The molecule has 5 heteroatoms. The monoisotopic (exact) mass is 227 g/mol. The van der Waals surface area contributed by atoms with Crippen LogP contribution >= 0.6 is 11.6 Å². The predicted molar refractivity (Wildman–Crippen MR) is 57.7 cm³/mol. The van der Waals surface area contributed by atoms with Crippen LogP contribution in [0.15, 0.2) is 18.2 Å². The SMILES string of the molecule is COc1ccc(C=O)cc1NC(=O)CCl. The van der Waals surface area contributed by atoms with Gasteiger partial charge in [0.25, 0.3) is 0 Å². The number of aldehydes is 1. The van der Waals surface area contributed by atoms with Crippen molar-refractivity contribution in [3.8, 4) is 5.75 Å². The number of hydrogen-bond donors (Lipinski definition) is 1. The van der Waals surface area contributed by atoms with Gasteiger partial charge in [0.15, 0.2) is 0 Å². The summed E-state index contributed by atoms with van der Waals surface area (Å²) in [6.07, 6.45) is 0.690. The van der Waals surface area contributed by atoms with Crippen molar-refractivity contribution in [2.24, 2.45) is 0 Å². The maximum Gasteiger partial charge on any atom is 0.239 e. The van der Waals surface area contributed by atoms with Gasteiger partial charge < -0.3 is 10.1 Å². The van der Waals surface area contributed by atoms with Gasteiger partial charge in [-0.05, 0) is 18.2 Å². The first-order valence-corrected chi connectivity index (χ1v) is 4.73. The van der Waals surface area contributed by atoms with E-state index in [1.807, 2.05) is 0 Å². The lowest BCUT2D eigenvalue weighted by Gasteiger charge is -2.09. The molecule has 1 amide bonds. The number of carbonyl (C=O) groups excluding carboxylic acids is 2. The van der Waals surface area contributed by atoms with Crippen molar-refractivity contribution in [1.82, 2.24) is 0 Å². The molecule has 0 atom stereocenters. The van der Waals surface area contributed by atoms with Crippen LogP contribution in [0.5, 0.6) is 5.75 Å². The van der Waals surface area contributed by atoms with Crippen molar-refractivity contribution in [1.29, 1.82) is 0 Å². The van der Waals surface area contributed by atoms with Gasteiger partial charge in [0.05, 0.1) is 12.8 Å². The highest BCUT2D eigenvalue weighted by Crippen LogP contribution is 2.24. The highest BCUT2D eigenvalue weighted by Gasteiger charge is 2.07. The summed E-state index contributed by atoms with van der Waals surface area (Å²) in [4.78, 5) is 21.6. The molecule has 0 fully saturated rings. The Bertz CT molecular complexity index is 379. The first-order valence-electron chi connectivity index (χ1n) is 4.20. The van der Waals surface area contributed by atoms with Crippen LogP contribution in [0.4, 0.5) is 5.69 Å². The van der Waals surface area contributed by atoms with Gasteiger partial charge in [0.1, 0.15) is 17.9 Å². The van der Waals surface area contributed by atoms with Crippen LogP contribution in [-0.4, -0.2) is 25.2 Å². The first kappa shape index (κ1) is 11.5. The average Bonchev–Trinajstić information content (AvgIpc) is 2.28. The molecule has 0 heterocycles. The zero-order valence-electron chi connectivity index (χ0n) is 8.12. The zero-order chi connectivity index (χ0) is 11.3. The number of halogens is 1. The number of methoxy groups -OCH3 is 1. The molecule has 0 saturated heterocycles. The Hall–Kier alpha value is -1.55. The Labute approximate surface area is 92.2 Å². The van der Waals surface area contributed by atoms with Crippen LogP contribution in [0.25, 0.3) is 0 Å². The molecule has 0 unspecified atom stereocenters. The fourth-order valence-corrected chi connectivity index (χ4v) is 1.15. The first-order chi connectivity index (χ1) is 7.21. The summed E-state index contributed by atoms with van der Waals surface area (Å²) in [5, 5.41) is 2.53. The molecular formula is C10H10ClNO3. The maximum atomic E-state index is 11.1. The second-order valence-electron chi connectivity index (χ2n) is 2.76. The van der Waals surface area contributed by atoms with Gasteiger partial charge in [-0.3, -0.25) is 9.59 Å². The van der Waals surface area contributed by atoms with Gasteiger partial charge in [-0.15, -0.1) is 11.6 Å². The third-order valence-electron chi connectivity index (χ3n) is 1.76. The minimum absolute atomic E-state index is 0.144. The smallest absolute Gasteiger partial charge is 0.239 e. The molecule has 1 rings (SSSR count). The topological polar surface area (TPSA) is 55.4 Å². The number of alkyl halides is 1. The van der Waals surface area contributed by atoms with E-state index < -0.39 is 0 Å². The molecule has 0 saturated carbocycles. The third-order valence-corrected chi connectivity index (χ3v) is 2.00. The van der Waals surface area contributed by atoms with E-state index in [4.69, 9.17) is 16.3 Å². The standard InChI is InChI=1S/C10H10ClNO3/c1-15-9-3-2-7(6-13)4-8(9)12-10(14)5-11/h2-4,6H,5H2,1H3,(H,12,14). The second kappa shape index (κ2) is 5.36. The third kappa shape index (κ3) is 2.95. The average molecular weight is 228 g/mol. The van der Waals surface area contributed by atoms with Crippen molar-refractivity contribution in [2.75, 3.05) is 18.3 Å². The summed E-state index contributed by atoms with van der Waals surface area (Å²) in [6, 6.07) is 4.73. The lowest BCUT2D eigenvalue weighted by Crippen LogP contribution is -2.13. The largest absolute Gasteiger partial charge is 0.495 e. The summed E-state index contributed by atoms with van der Waals surface area (Å²) in [6.45, 7) is 0. The van der Waals surface area contributed by atoms with Crippen molar-refractivity contribution in [3.05, 3.63) is 23.8 Å². The summed E-state index contributed by atoms with van der Waals surface area (Å²) < 4.78 is 5.02. The molecule has 1 N–H and O–H groups in total. The van der Waals surface area contributed by atoms with Gasteiger partial charge in [-0.1, -0.05) is 0 Å². The van der Waals surface area contributed by atoms with Crippen LogP contribution < -0.4 is 10.1 Å². The van der Waals surface area contributed by atoms with Crippen LogP contribution in [0.3, 0.4) is 0 Å². The van der Waals surface area contributed by atoms with Gasteiger partial charge in [0.2, 0.25) is 5.91 Å². The van der Waals surface area contributed by atoms with Crippen molar-refractivity contribution in [2.45, 2.75) is 0 Å². The Morgan fingerprint density at radius 1 is 1.60 bits per heavy atom. The van der Waals surface area contributed by atoms with Gasteiger partial charge in [-0.2, -0.15) is 0 Å². The van der Waals surface area contributed by atoms with Crippen LogP contribution in [0.2, 0.25) is 0 Å². The molecule has 0 spiro atoms. The van der Waals surface area contributed by atoms with E-state index in [2.05, 4.69) is 5.32 Å². The second-order valence-corrected chi connectivity index (χ2v) is 3.03. The van der Waals surface area contributed by atoms with E-state index in [1.165, 1.54) is 13.2 Å². The minimum Gasteiger partial charge on any atom is -0.495 e. The summed E-state index contributed by atoms with van der Waals surface area (Å²) >= 11 is 5.35. The molecule has 80 valence electrons. The van der Waals surface area contributed by atoms with Crippen molar-refractivity contribution < 1.29 is 14.3 Å². The molecule has 15 heavy (non-hydrogen) atoms. The Morgan fingerprint density at radius 2 is 2.33 bits per heavy atom. The highest BCUT2D eigenvalue weighted by molar-refractivity contribution is 6.29. The van der Waals surface area contributed by atoms with E-state index in [0.717, 1.165) is 0 Å². The molecular weight excluding hydrogens is 218 g/mol. The van der Waals surface area contributed by atoms with Crippen LogP contribution in [-0.2, 0) is 4.79 Å². The predicted octanol–water partition coefficient (Wildman–Crippen LogP) is 1.68. The van der Waals surface area contributed by atoms with E-state index >= 15 is 0 Å².